The van der Waals surface area contributed by atoms with E-state index >= 15 is 0 Å². The number of rotatable bonds is 5. The first-order valence-electron chi connectivity index (χ1n) is 7.00. The van der Waals surface area contributed by atoms with Crippen LogP contribution >= 0.6 is 0 Å². The Balaban J connectivity index is 2.01. The summed E-state index contributed by atoms with van der Waals surface area (Å²) >= 11 is 0. The third kappa shape index (κ3) is 4.25. The number of nitrogens with zero attached hydrogens (tertiary/aromatic N) is 1. The Morgan fingerprint density at radius 1 is 1.45 bits per heavy atom. The van der Waals surface area contributed by atoms with E-state index in [1.807, 2.05) is 0 Å². The van der Waals surface area contributed by atoms with E-state index in [0.717, 1.165) is 0 Å². The van der Waals surface area contributed by atoms with Gasteiger partial charge in [0.1, 0.15) is 5.82 Å². The molecule has 1 aromatic rings. The minimum atomic E-state index is -1.13. The monoisotopic (exact) mass is 311 g/mol. The molecule has 6 nitrogen and oxygen atoms in total. The van der Waals surface area contributed by atoms with Gasteiger partial charge in [-0.2, -0.15) is 0 Å². The number of benzene rings is 1. The molecule has 2 rings (SSSR count). The number of halogens is 1. The van der Waals surface area contributed by atoms with E-state index in [1.54, 1.807) is 0 Å². The van der Waals surface area contributed by atoms with Crippen LogP contribution in [0.3, 0.4) is 0 Å². The maximum Gasteiger partial charge on any atom is 0.305 e. The van der Waals surface area contributed by atoms with E-state index in [0.29, 0.717) is 12.2 Å². The van der Waals surface area contributed by atoms with Crippen molar-refractivity contribution < 1.29 is 28.9 Å². The van der Waals surface area contributed by atoms with Crippen LogP contribution in [0.25, 0.3) is 0 Å². The number of hydrogen-bond donors (Lipinski definition) is 2. The molecule has 2 N–H and O–H groups in total. The van der Waals surface area contributed by atoms with Gasteiger partial charge in [-0.15, -0.1) is 0 Å². The van der Waals surface area contributed by atoms with Crippen molar-refractivity contribution in [3.05, 3.63) is 35.6 Å². The third-order valence-corrected chi connectivity index (χ3v) is 3.56. The highest BCUT2D eigenvalue weighted by molar-refractivity contribution is 5.78. The largest absolute Gasteiger partial charge is 0.481 e. The molecule has 1 aliphatic heterocycles. The molecule has 1 heterocycles. The van der Waals surface area contributed by atoms with Gasteiger partial charge >= 0.3 is 5.97 Å². The van der Waals surface area contributed by atoms with Crippen molar-refractivity contribution in [1.82, 2.24) is 4.90 Å². The molecule has 1 fully saturated rings. The Morgan fingerprint density at radius 3 is 2.91 bits per heavy atom. The van der Waals surface area contributed by atoms with E-state index < -0.39 is 23.9 Å². The summed E-state index contributed by atoms with van der Waals surface area (Å²) < 4.78 is 18.3. The molecule has 0 saturated carbocycles. The van der Waals surface area contributed by atoms with E-state index in [9.17, 15) is 19.1 Å². The molecule has 1 aromatic carbocycles. The smallest absolute Gasteiger partial charge is 0.305 e. The van der Waals surface area contributed by atoms with Crippen LogP contribution in [0.2, 0.25) is 0 Å². The number of carboxylic acids is 1. The van der Waals surface area contributed by atoms with Crippen molar-refractivity contribution >= 4 is 11.9 Å². The Kier molecular flexibility index (Phi) is 5.46. The summed E-state index contributed by atoms with van der Waals surface area (Å²) in [6, 6.07) is 4.88. The topological polar surface area (TPSA) is 87.1 Å². The zero-order chi connectivity index (χ0) is 16.1. The van der Waals surface area contributed by atoms with Gasteiger partial charge in [0, 0.05) is 6.54 Å². The van der Waals surface area contributed by atoms with Gasteiger partial charge in [-0.1, -0.05) is 12.1 Å². The molecule has 1 saturated heterocycles. The van der Waals surface area contributed by atoms with E-state index in [2.05, 4.69) is 0 Å². The van der Waals surface area contributed by atoms with Crippen molar-refractivity contribution in [3.63, 3.8) is 0 Å². The summed E-state index contributed by atoms with van der Waals surface area (Å²) in [6.07, 6.45) is -1.56. The zero-order valence-corrected chi connectivity index (χ0v) is 11.9. The zero-order valence-electron chi connectivity index (χ0n) is 11.9. The fourth-order valence-electron chi connectivity index (χ4n) is 2.47. The summed E-state index contributed by atoms with van der Waals surface area (Å²) in [6.45, 7) is 0.776. The summed E-state index contributed by atoms with van der Waals surface area (Å²) in [5.74, 6) is -1.87. The maximum absolute atomic E-state index is 13.1. The van der Waals surface area contributed by atoms with Crippen LogP contribution in [0.15, 0.2) is 24.3 Å². The quantitative estimate of drug-likeness (QED) is 0.845. The van der Waals surface area contributed by atoms with Gasteiger partial charge < -0.3 is 19.8 Å². The van der Waals surface area contributed by atoms with Gasteiger partial charge in [-0.05, 0) is 17.7 Å². The molecule has 0 spiro atoms. The number of aliphatic carboxylic acids is 1. The molecule has 2 unspecified atom stereocenters. The summed E-state index contributed by atoms with van der Waals surface area (Å²) in [5.41, 5.74) is 0.316. The number of ether oxygens (including phenoxy) is 1. The minimum absolute atomic E-state index is 0.161. The van der Waals surface area contributed by atoms with Gasteiger partial charge in [0.05, 0.1) is 38.2 Å². The first kappa shape index (κ1) is 16.4. The Hall–Kier alpha value is -1.99. The number of amides is 1. The molecular formula is C15H18FNO5. The predicted octanol–water partition coefficient (Wildman–Crippen LogP) is 0.951. The Bertz CT molecular complexity index is 550. The lowest BCUT2D eigenvalue weighted by atomic mass is 10.0. The van der Waals surface area contributed by atoms with Crippen LogP contribution in [0.1, 0.15) is 24.5 Å². The van der Waals surface area contributed by atoms with Gasteiger partial charge in [-0.3, -0.25) is 9.59 Å². The lowest BCUT2D eigenvalue weighted by molar-refractivity contribution is -0.147. The van der Waals surface area contributed by atoms with E-state index in [1.165, 1.54) is 29.2 Å². The number of hydrogen-bond acceptors (Lipinski definition) is 4. The number of carboxylic acid groups (broad SMARTS) is 1. The van der Waals surface area contributed by atoms with Crippen LogP contribution in [0.4, 0.5) is 4.39 Å². The SMILES string of the molecule is O=C(O)CC1COCCN1C(=O)CC(O)c1cccc(F)c1. The van der Waals surface area contributed by atoms with Gasteiger partial charge in [0.2, 0.25) is 5.91 Å². The average Bonchev–Trinajstić information content (AvgIpc) is 2.47. The lowest BCUT2D eigenvalue weighted by Crippen LogP contribution is -2.49. The lowest BCUT2D eigenvalue weighted by Gasteiger charge is -2.35. The van der Waals surface area contributed by atoms with Crippen molar-refractivity contribution in [3.8, 4) is 0 Å². The molecule has 0 aliphatic carbocycles. The second kappa shape index (κ2) is 7.33. The molecule has 2 atom stereocenters. The molecule has 22 heavy (non-hydrogen) atoms. The van der Waals surface area contributed by atoms with Crippen molar-refractivity contribution in [2.24, 2.45) is 0 Å². The second-order valence-corrected chi connectivity index (χ2v) is 5.19. The number of carbonyl (C=O) groups is 2. The summed E-state index contributed by atoms with van der Waals surface area (Å²) in [5, 5.41) is 18.9. The molecule has 7 heteroatoms. The summed E-state index contributed by atoms with van der Waals surface area (Å²) in [4.78, 5) is 24.5. The Labute approximate surface area is 127 Å². The molecular weight excluding hydrogens is 293 g/mol. The van der Waals surface area contributed by atoms with E-state index in [4.69, 9.17) is 9.84 Å². The van der Waals surface area contributed by atoms with Crippen LogP contribution in [0, 0.1) is 5.82 Å². The molecule has 1 aliphatic rings. The van der Waals surface area contributed by atoms with Gasteiger partial charge in [-0.25, -0.2) is 4.39 Å². The molecule has 120 valence electrons. The van der Waals surface area contributed by atoms with E-state index in [-0.39, 0.29) is 31.9 Å². The summed E-state index contributed by atoms with van der Waals surface area (Å²) in [7, 11) is 0. The molecule has 1 amide bonds. The normalized spacial score (nSPS) is 19.7. The van der Waals surface area contributed by atoms with Crippen LogP contribution < -0.4 is 0 Å². The second-order valence-electron chi connectivity index (χ2n) is 5.19. The highest BCUT2D eigenvalue weighted by Gasteiger charge is 2.30. The predicted molar refractivity (Wildman–Crippen MR) is 74.5 cm³/mol. The van der Waals surface area contributed by atoms with Crippen molar-refractivity contribution in [2.45, 2.75) is 25.0 Å². The molecule has 0 radical (unpaired) electrons. The fraction of sp³-hybridized carbons (Fsp3) is 0.467. The minimum Gasteiger partial charge on any atom is -0.481 e. The molecule has 0 aromatic heterocycles. The van der Waals surface area contributed by atoms with Crippen LogP contribution in [-0.4, -0.2) is 52.8 Å². The standard InChI is InChI=1S/C15H18FNO5/c16-11-3-1-2-10(6-11)13(18)8-14(19)17-4-5-22-9-12(17)7-15(20)21/h1-3,6,12-13,18H,4-5,7-9H2,(H,20,21). The molecule has 0 bridgehead atoms. The first-order chi connectivity index (χ1) is 10.5. The average molecular weight is 311 g/mol. The number of carbonyl (C=O) groups excluding carboxylic acids is 1. The number of aliphatic hydroxyl groups is 1. The number of aliphatic hydroxyl groups excluding tert-OH is 1. The van der Waals surface area contributed by atoms with Crippen LogP contribution in [0.5, 0.6) is 0 Å². The van der Waals surface area contributed by atoms with Crippen molar-refractivity contribution in [2.75, 3.05) is 19.8 Å². The van der Waals surface area contributed by atoms with Gasteiger partial charge in [0.25, 0.3) is 0 Å². The van der Waals surface area contributed by atoms with Crippen LogP contribution in [-0.2, 0) is 14.3 Å². The highest BCUT2D eigenvalue weighted by atomic mass is 19.1. The third-order valence-electron chi connectivity index (χ3n) is 3.56. The van der Waals surface area contributed by atoms with Gasteiger partial charge in [0.15, 0.2) is 0 Å². The van der Waals surface area contributed by atoms with Crippen molar-refractivity contribution in [1.29, 1.82) is 0 Å². The Morgan fingerprint density at radius 2 is 2.23 bits per heavy atom. The fourth-order valence-corrected chi connectivity index (χ4v) is 2.47. The first-order valence-corrected chi connectivity index (χ1v) is 7.00. The highest BCUT2D eigenvalue weighted by Crippen LogP contribution is 2.21. The number of morpholine rings is 1. The maximum atomic E-state index is 13.1.